The van der Waals surface area contributed by atoms with Gasteiger partial charge in [0.2, 0.25) is 0 Å². The van der Waals surface area contributed by atoms with Gasteiger partial charge in [-0.05, 0) is 30.6 Å². The molecule has 1 heterocycles. The van der Waals surface area contributed by atoms with Crippen molar-refractivity contribution in [3.63, 3.8) is 0 Å². The fourth-order valence-corrected chi connectivity index (χ4v) is 4.26. The Morgan fingerprint density at radius 3 is 2.71 bits per heavy atom. The Hall–Kier alpha value is -0.810. The van der Waals surface area contributed by atoms with Gasteiger partial charge in [-0.15, -0.1) is 0 Å². The molecule has 0 aromatic heterocycles. The predicted octanol–water partition coefficient (Wildman–Crippen LogP) is 4.47. The highest BCUT2D eigenvalue weighted by Crippen LogP contribution is 2.36. The standard InChI is InChI=1S/C16H23F2NOS/c1-11(19-14-10-21-9-8-16(14,2)3)12-6-4-5-7-13(12)20-15(17)18/h4-7,11,14-15,19H,8-10H2,1-3H3. The number of ether oxygens (including phenoxy) is 1. The van der Waals surface area contributed by atoms with Crippen LogP contribution < -0.4 is 10.1 Å². The lowest BCUT2D eigenvalue weighted by Crippen LogP contribution is -2.47. The van der Waals surface area contributed by atoms with Gasteiger partial charge in [-0.1, -0.05) is 32.0 Å². The molecule has 0 amide bonds. The molecule has 21 heavy (non-hydrogen) atoms. The van der Waals surface area contributed by atoms with E-state index < -0.39 is 6.61 Å². The number of hydrogen-bond donors (Lipinski definition) is 1. The van der Waals surface area contributed by atoms with Crippen molar-refractivity contribution < 1.29 is 13.5 Å². The van der Waals surface area contributed by atoms with Gasteiger partial charge in [0, 0.05) is 23.4 Å². The molecule has 0 spiro atoms. The monoisotopic (exact) mass is 315 g/mol. The molecule has 1 saturated heterocycles. The summed E-state index contributed by atoms with van der Waals surface area (Å²) in [7, 11) is 0. The van der Waals surface area contributed by atoms with Crippen LogP contribution in [0.15, 0.2) is 24.3 Å². The summed E-state index contributed by atoms with van der Waals surface area (Å²) in [5.41, 5.74) is 1.00. The van der Waals surface area contributed by atoms with Crippen LogP contribution >= 0.6 is 11.8 Å². The Morgan fingerprint density at radius 1 is 1.33 bits per heavy atom. The third-order valence-electron chi connectivity index (χ3n) is 4.17. The van der Waals surface area contributed by atoms with Crippen LogP contribution in [0.4, 0.5) is 8.78 Å². The van der Waals surface area contributed by atoms with E-state index in [2.05, 4.69) is 23.9 Å². The number of halogens is 2. The normalized spacial score (nSPS) is 23.0. The Kier molecular flexibility index (Phi) is 5.49. The predicted molar refractivity (Wildman–Crippen MR) is 84.1 cm³/mol. The van der Waals surface area contributed by atoms with Gasteiger partial charge in [-0.25, -0.2) is 0 Å². The molecule has 0 saturated carbocycles. The maximum Gasteiger partial charge on any atom is 0.387 e. The molecule has 1 aliphatic heterocycles. The van der Waals surface area contributed by atoms with E-state index in [9.17, 15) is 8.78 Å². The van der Waals surface area contributed by atoms with Crippen molar-refractivity contribution in [2.24, 2.45) is 5.41 Å². The van der Waals surface area contributed by atoms with Gasteiger partial charge >= 0.3 is 6.61 Å². The lowest BCUT2D eigenvalue weighted by atomic mass is 9.81. The van der Waals surface area contributed by atoms with Crippen LogP contribution in [0, 0.1) is 5.41 Å². The molecule has 1 fully saturated rings. The zero-order valence-corrected chi connectivity index (χ0v) is 13.6. The first-order chi connectivity index (χ1) is 9.90. The van der Waals surface area contributed by atoms with Crippen molar-refractivity contribution in [1.29, 1.82) is 0 Å². The summed E-state index contributed by atoms with van der Waals surface area (Å²) in [6.45, 7) is 3.74. The lowest BCUT2D eigenvalue weighted by molar-refractivity contribution is -0.0507. The van der Waals surface area contributed by atoms with Crippen molar-refractivity contribution in [1.82, 2.24) is 5.32 Å². The van der Waals surface area contributed by atoms with Crippen molar-refractivity contribution in [2.45, 2.75) is 45.9 Å². The first-order valence-corrected chi connectivity index (χ1v) is 8.43. The first kappa shape index (κ1) is 16.6. The van der Waals surface area contributed by atoms with Crippen LogP contribution in [0.1, 0.15) is 38.8 Å². The van der Waals surface area contributed by atoms with E-state index in [0.717, 1.165) is 17.7 Å². The Bertz CT molecular complexity index is 467. The van der Waals surface area contributed by atoms with Crippen LogP contribution in [0.3, 0.4) is 0 Å². The molecule has 118 valence electrons. The van der Waals surface area contributed by atoms with E-state index in [-0.39, 0.29) is 17.2 Å². The second kappa shape index (κ2) is 6.97. The quantitative estimate of drug-likeness (QED) is 0.866. The van der Waals surface area contributed by atoms with E-state index >= 15 is 0 Å². The summed E-state index contributed by atoms with van der Waals surface area (Å²) in [5, 5.41) is 3.59. The molecule has 1 aromatic rings. The molecule has 1 N–H and O–H groups in total. The van der Waals surface area contributed by atoms with Crippen LogP contribution in [0.2, 0.25) is 0 Å². The second-order valence-corrected chi connectivity index (χ2v) is 7.32. The maximum absolute atomic E-state index is 12.5. The largest absolute Gasteiger partial charge is 0.434 e. The summed E-state index contributed by atoms with van der Waals surface area (Å²) in [6, 6.07) is 7.36. The van der Waals surface area contributed by atoms with Crippen LogP contribution in [0.25, 0.3) is 0 Å². The van der Waals surface area contributed by atoms with Crippen molar-refractivity contribution in [3.05, 3.63) is 29.8 Å². The average Bonchev–Trinajstić information content (AvgIpc) is 2.41. The number of rotatable bonds is 5. The highest BCUT2D eigenvalue weighted by Gasteiger charge is 2.33. The minimum absolute atomic E-state index is 0.0251. The van der Waals surface area contributed by atoms with E-state index in [1.54, 1.807) is 12.1 Å². The fourth-order valence-electron chi connectivity index (χ4n) is 2.64. The number of thioether (sulfide) groups is 1. The first-order valence-electron chi connectivity index (χ1n) is 7.27. The topological polar surface area (TPSA) is 21.3 Å². The van der Waals surface area contributed by atoms with Gasteiger partial charge in [0.15, 0.2) is 0 Å². The third kappa shape index (κ3) is 4.33. The van der Waals surface area contributed by atoms with Crippen molar-refractivity contribution in [2.75, 3.05) is 11.5 Å². The third-order valence-corrected chi connectivity index (χ3v) is 5.23. The number of benzene rings is 1. The molecule has 1 aliphatic rings. The van der Waals surface area contributed by atoms with Gasteiger partial charge in [-0.2, -0.15) is 20.5 Å². The zero-order valence-electron chi connectivity index (χ0n) is 12.7. The molecule has 2 rings (SSSR count). The molecule has 5 heteroatoms. The van der Waals surface area contributed by atoms with Gasteiger partial charge in [0.1, 0.15) is 5.75 Å². The van der Waals surface area contributed by atoms with Crippen molar-refractivity contribution >= 4 is 11.8 Å². The molecular formula is C16H23F2NOS. The van der Waals surface area contributed by atoms with Gasteiger partial charge in [-0.3, -0.25) is 0 Å². The number of para-hydroxylation sites is 1. The van der Waals surface area contributed by atoms with Crippen LogP contribution in [-0.4, -0.2) is 24.2 Å². The highest BCUT2D eigenvalue weighted by molar-refractivity contribution is 7.99. The summed E-state index contributed by atoms with van der Waals surface area (Å²) in [5.74, 6) is 2.49. The zero-order chi connectivity index (χ0) is 15.5. The number of nitrogens with one attached hydrogen (secondary N) is 1. The van der Waals surface area contributed by atoms with Crippen molar-refractivity contribution in [3.8, 4) is 5.75 Å². The number of hydrogen-bond acceptors (Lipinski definition) is 3. The van der Waals surface area contributed by atoms with E-state index in [1.807, 2.05) is 30.8 Å². The summed E-state index contributed by atoms with van der Waals surface area (Å²) in [4.78, 5) is 0. The molecule has 0 bridgehead atoms. The maximum atomic E-state index is 12.5. The summed E-state index contributed by atoms with van der Waals surface area (Å²) < 4.78 is 29.6. The number of alkyl halides is 2. The molecule has 0 aliphatic carbocycles. The average molecular weight is 315 g/mol. The molecule has 2 atom stereocenters. The van der Waals surface area contributed by atoms with E-state index in [1.165, 1.54) is 5.75 Å². The smallest absolute Gasteiger partial charge is 0.387 e. The summed E-state index contributed by atoms with van der Waals surface area (Å²) in [6.07, 6.45) is 1.16. The van der Waals surface area contributed by atoms with Crippen LogP contribution in [-0.2, 0) is 0 Å². The SMILES string of the molecule is CC(NC1CSCCC1(C)C)c1ccccc1OC(F)F. The molecule has 2 nitrogen and oxygen atoms in total. The minimum atomic E-state index is -2.79. The van der Waals surface area contributed by atoms with Gasteiger partial charge < -0.3 is 10.1 Å². The van der Waals surface area contributed by atoms with Gasteiger partial charge in [0.05, 0.1) is 0 Å². The molecular weight excluding hydrogens is 292 g/mol. The highest BCUT2D eigenvalue weighted by atomic mass is 32.2. The van der Waals surface area contributed by atoms with E-state index in [4.69, 9.17) is 0 Å². The van der Waals surface area contributed by atoms with E-state index in [0.29, 0.717) is 6.04 Å². The summed E-state index contributed by atoms with van der Waals surface area (Å²) >= 11 is 1.94. The lowest BCUT2D eigenvalue weighted by Gasteiger charge is -2.40. The molecule has 0 radical (unpaired) electrons. The Morgan fingerprint density at radius 2 is 2.05 bits per heavy atom. The molecule has 2 unspecified atom stereocenters. The van der Waals surface area contributed by atoms with Crippen LogP contribution in [0.5, 0.6) is 5.75 Å². The Labute approximate surface area is 129 Å². The second-order valence-electron chi connectivity index (χ2n) is 6.17. The van der Waals surface area contributed by atoms with Gasteiger partial charge in [0.25, 0.3) is 0 Å². The minimum Gasteiger partial charge on any atom is -0.434 e. The Balaban J connectivity index is 2.11. The molecule has 1 aromatic carbocycles. The fraction of sp³-hybridized carbons (Fsp3) is 0.625.